The van der Waals surface area contributed by atoms with E-state index >= 15 is 0 Å². The van der Waals surface area contributed by atoms with Gasteiger partial charge in [-0.15, -0.1) is 11.3 Å². The first-order valence-electron chi connectivity index (χ1n) is 12.1. The molecule has 0 radical (unpaired) electrons. The van der Waals surface area contributed by atoms with Gasteiger partial charge in [-0.1, -0.05) is 18.2 Å². The first-order chi connectivity index (χ1) is 18.0. The van der Waals surface area contributed by atoms with Gasteiger partial charge in [0.15, 0.2) is 0 Å². The van der Waals surface area contributed by atoms with Crippen LogP contribution in [0.1, 0.15) is 28.5 Å². The summed E-state index contributed by atoms with van der Waals surface area (Å²) in [5.41, 5.74) is 4.11. The van der Waals surface area contributed by atoms with Crippen LogP contribution < -0.4 is 5.56 Å². The number of aromatic nitrogens is 2. The number of furan rings is 2. The molecule has 0 fully saturated rings. The topological polar surface area (TPSA) is 105 Å². The molecule has 1 atom stereocenters. The van der Waals surface area contributed by atoms with Crippen LogP contribution in [0.3, 0.4) is 0 Å². The summed E-state index contributed by atoms with van der Waals surface area (Å²) in [5, 5.41) is 13.2. The summed E-state index contributed by atoms with van der Waals surface area (Å²) in [5.74, 6) is 1.98. The van der Waals surface area contributed by atoms with Crippen LogP contribution in [-0.2, 0) is 24.4 Å². The third-order valence-electron chi connectivity index (χ3n) is 6.25. The zero-order valence-corrected chi connectivity index (χ0v) is 21.6. The minimum absolute atomic E-state index is 0.141. The monoisotopic (exact) mass is 519 g/mol. The number of benzene rings is 1. The summed E-state index contributed by atoms with van der Waals surface area (Å²) in [6.45, 7) is 5.65. The van der Waals surface area contributed by atoms with Crippen LogP contribution in [0.2, 0.25) is 0 Å². The lowest BCUT2D eigenvalue weighted by molar-refractivity contribution is 0.00125. The molecule has 0 bridgehead atoms. The smallest absolute Gasteiger partial charge is 0.260 e. The summed E-state index contributed by atoms with van der Waals surface area (Å²) in [6.07, 6.45) is 2.45. The third kappa shape index (κ3) is 6.08. The van der Waals surface area contributed by atoms with E-state index in [9.17, 15) is 9.90 Å². The lowest BCUT2D eigenvalue weighted by Crippen LogP contribution is -2.35. The first-order valence-corrected chi connectivity index (χ1v) is 12.9. The van der Waals surface area contributed by atoms with Gasteiger partial charge in [-0.05, 0) is 54.8 Å². The summed E-state index contributed by atoms with van der Waals surface area (Å²) in [7, 11) is 0. The summed E-state index contributed by atoms with van der Waals surface area (Å²) in [6, 6.07) is 13.5. The molecule has 1 aromatic carbocycles. The van der Waals surface area contributed by atoms with Crippen LogP contribution in [0, 0.1) is 13.8 Å². The molecule has 0 aliphatic rings. The molecule has 0 aliphatic heterocycles. The Morgan fingerprint density at radius 2 is 1.86 bits per heavy atom. The van der Waals surface area contributed by atoms with Crippen molar-refractivity contribution in [3.05, 3.63) is 99.2 Å². The highest BCUT2D eigenvalue weighted by Gasteiger charge is 2.18. The van der Waals surface area contributed by atoms with E-state index < -0.39 is 6.10 Å². The molecule has 9 heteroatoms. The highest BCUT2D eigenvalue weighted by atomic mass is 32.1. The maximum absolute atomic E-state index is 13.2. The molecule has 0 saturated heterocycles. The zero-order chi connectivity index (χ0) is 25.8. The van der Waals surface area contributed by atoms with Crippen LogP contribution >= 0.6 is 11.3 Å². The molecule has 0 saturated carbocycles. The number of aryl methyl sites for hydroxylation is 2. The van der Waals surface area contributed by atoms with E-state index in [-0.39, 0.29) is 18.8 Å². The Kier molecular flexibility index (Phi) is 7.66. The predicted molar refractivity (Wildman–Crippen MR) is 142 cm³/mol. The van der Waals surface area contributed by atoms with Crippen molar-refractivity contribution in [2.24, 2.45) is 0 Å². The number of hydrogen-bond acceptors (Lipinski definition) is 8. The van der Waals surface area contributed by atoms with Gasteiger partial charge >= 0.3 is 0 Å². The first kappa shape index (κ1) is 25.2. The second-order valence-corrected chi connectivity index (χ2v) is 10.00. The average molecular weight is 520 g/mol. The van der Waals surface area contributed by atoms with Gasteiger partial charge in [-0.25, -0.2) is 4.98 Å². The maximum Gasteiger partial charge on any atom is 0.260 e. The fourth-order valence-electron chi connectivity index (χ4n) is 4.25. The maximum atomic E-state index is 13.2. The molecule has 192 valence electrons. The van der Waals surface area contributed by atoms with Crippen molar-refractivity contribution in [3.63, 3.8) is 0 Å². The van der Waals surface area contributed by atoms with Crippen molar-refractivity contribution in [1.29, 1.82) is 0 Å². The normalized spacial score (nSPS) is 12.5. The Morgan fingerprint density at radius 3 is 2.59 bits per heavy atom. The van der Waals surface area contributed by atoms with Crippen molar-refractivity contribution in [2.75, 3.05) is 13.2 Å². The molecular weight excluding hydrogens is 490 g/mol. The van der Waals surface area contributed by atoms with Crippen molar-refractivity contribution in [3.8, 4) is 11.1 Å². The molecule has 5 aromatic rings. The van der Waals surface area contributed by atoms with Gasteiger partial charge in [-0.2, -0.15) is 0 Å². The number of thiophene rings is 1. The van der Waals surface area contributed by atoms with E-state index in [0.29, 0.717) is 41.4 Å². The van der Waals surface area contributed by atoms with Gasteiger partial charge in [0.25, 0.3) is 5.56 Å². The lowest BCUT2D eigenvalue weighted by atomic mass is 10.0. The van der Waals surface area contributed by atoms with Gasteiger partial charge in [0.2, 0.25) is 0 Å². The Balaban J connectivity index is 1.33. The van der Waals surface area contributed by atoms with Gasteiger partial charge in [0, 0.05) is 17.5 Å². The molecule has 5 rings (SSSR count). The second kappa shape index (κ2) is 11.3. The van der Waals surface area contributed by atoms with Gasteiger partial charge in [-0.3, -0.25) is 9.69 Å². The molecule has 0 aliphatic carbocycles. The summed E-state index contributed by atoms with van der Waals surface area (Å²) in [4.78, 5) is 23.6. The third-order valence-corrected chi connectivity index (χ3v) is 7.12. The molecule has 1 unspecified atom stereocenters. The number of hydrogen-bond donors (Lipinski definition) is 2. The van der Waals surface area contributed by atoms with Crippen LogP contribution in [0.4, 0.5) is 0 Å². The van der Waals surface area contributed by atoms with Gasteiger partial charge < -0.3 is 23.7 Å². The standard InChI is InChI=1S/C28H29N3O5S/c1-18-7-8-20(11-19(18)2)24-17-37-28-26(24)27(33)29-25(30-28)14-31(13-22-5-3-9-35-22)12-21(32)15-34-16-23-6-4-10-36-23/h3-11,17,21,32H,12-16H2,1-2H3,(H,29,30,33). The lowest BCUT2D eigenvalue weighted by Gasteiger charge is -2.23. The number of aliphatic hydroxyl groups is 1. The van der Waals surface area contributed by atoms with Crippen molar-refractivity contribution < 1.29 is 18.7 Å². The molecule has 8 nitrogen and oxygen atoms in total. The highest BCUT2D eigenvalue weighted by Crippen LogP contribution is 2.31. The minimum atomic E-state index is -0.751. The van der Waals surface area contributed by atoms with Crippen molar-refractivity contribution >= 4 is 21.6 Å². The largest absolute Gasteiger partial charge is 0.468 e. The number of fused-ring (bicyclic) bond motifs is 1. The summed E-state index contributed by atoms with van der Waals surface area (Å²) >= 11 is 1.46. The predicted octanol–water partition coefficient (Wildman–Crippen LogP) is 5.03. The molecule has 37 heavy (non-hydrogen) atoms. The molecule has 0 spiro atoms. The zero-order valence-electron chi connectivity index (χ0n) is 20.8. The fraction of sp³-hybridized carbons (Fsp3) is 0.286. The van der Waals surface area contributed by atoms with E-state index in [1.165, 1.54) is 22.5 Å². The molecule has 0 amide bonds. The molecule has 4 heterocycles. The molecule has 2 N–H and O–H groups in total. The number of nitrogens with zero attached hydrogens (tertiary/aromatic N) is 2. The second-order valence-electron chi connectivity index (χ2n) is 9.14. The van der Waals surface area contributed by atoms with E-state index in [0.717, 1.165) is 16.9 Å². The van der Waals surface area contributed by atoms with Crippen molar-refractivity contribution in [1.82, 2.24) is 14.9 Å². The number of aliphatic hydroxyl groups excluding tert-OH is 1. The Bertz CT molecular complexity index is 1500. The Morgan fingerprint density at radius 1 is 1.08 bits per heavy atom. The van der Waals surface area contributed by atoms with E-state index in [2.05, 4.69) is 31.0 Å². The van der Waals surface area contributed by atoms with Crippen LogP contribution in [-0.4, -0.2) is 39.2 Å². The number of ether oxygens (including phenoxy) is 1. The van der Waals surface area contributed by atoms with Crippen LogP contribution in [0.15, 0.2) is 74.0 Å². The van der Waals surface area contributed by atoms with Gasteiger partial charge in [0.1, 0.15) is 28.8 Å². The SMILES string of the molecule is Cc1ccc(-c2csc3nc(CN(Cc4ccco4)CC(O)COCc4ccco4)[nH]c(=O)c23)cc1C. The Labute approximate surface area is 218 Å². The Hall–Kier alpha value is -3.50. The summed E-state index contributed by atoms with van der Waals surface area (Å²) < 4.78 is 16.4. The number of nitrogens with one attached hydrogen (secondary N) is 1. The van der Waals surface area contributed by atoms with Crippen LogP contribution in [0.5, 0.6) is 0 Å². The molecular formula is C28H29N3O5S. The van der Waals surface area contributed by atoms with E-state index in [1.807, 2.05) is 34.5 Å². The number of H-pyrrole nitrogens is 1. The highest BCUT2D eigenvalue weighted by molar-refractivity contribution is 7.17. The average Bonchev–Trinajstić information content (AvgIpc) is 3.63. The quantitative estimate of drug-likeness (QED) is 0.252. The van der Waals surface area contributed by atoms with E-state index in [1.54, 1.807) is 18.6 Å². The fourth-order valence-corrected chi connectivity index (χ4v) is 5.22. The van der Waals surface area contributed by atoms with Crippen LogP contribution in [0.25, 0.3) is 21.3 Å². The van der Waals surface area contributed by atoms with Crippen molar-refractivity contribution in [2.45, 2.75) is 39.6 Å². The number of rotatable bonds is 11. The minimum Gasteiger partial charge on any atom is -0.468 e. The van der Waals surface area contributed by atoms with E-state index in [4.69, 9.17) is 18.6 Å². The molecule has 4 aromatic heterocycles. The van der Waals surface area contributed by atoms with Gasteiger partial charge in [0.05, 0.1) is 43.7 Å². The number of aromatic amines is 1.